The molecule has 0 atom stereocenters. The molecule has 3 aromatic rings. The van der Waals surface area contributed by atoms with E-state index in [1.165, 1.54) is 12.1 Å². The molecule has 0 bridgehead atoms. The van der Waals surface area contributed by atoms with Gasteiger partial charge in [0.2, 0.25) is 0 Å². The summed E-state index contributed by atoms with van der Waals surface area (Å²) in [5, 5.41) is 17.5. The van der Waals surface area contributed by atoms with Crippen LogP contribution < -0.4 is 10.6 Å². The highest BCUT2D eigenvalue weighted by Gasteiger charge is 2.36. The molecular weight excluding hydrogens is 414 g/mol. The second kappa shape index (κ2) is 8.88. The summed E-state index contributed by atoms with van der Waals surface area (Å²) in [7, 11) is 0. The molecule has 0 saturated heterocycles. The molecule has 0 aliphatic carbocycles. The van der Waals surface area contributed by atoms with Crippen LogP contribution in [0, 0.1) is 10.1 Å². The normalized spacial score (nSPS) is 12.8. The van der Waals surface area contributed by atoms with Gasteiger partial charge in [0.15, 0.2) is 0 Å². The number of H-pyrrole nitrogens is 1. The maximum atomic E-state index is 12.4. The molecule has 0 unspecified atom stereocenters. The number of para-hydroxylation sites is 1. The second-order valence-electron chi connectivity index (χ2n) is 7.39. The summed E-state index contributed by atoms with van der Waals surface area (Å²) < 4.78 is 0. The number of nitrogens with zero attached hydrogens (tertiary/aromatic N) is 2. The van der Waals surface area contributed by atoms with Crippen LogP contribution in [-0.4, -0.2) is 52.3 Å². The number of nitro benzene ring substituents is 1. The number of hydrogen-bond acceptors (Lipinski definition) is 5. The molecule has 0 saturated carbocycles. The lowest BCUT2D eigenvalue weighted by Crippen LogP contribution is -2.38. The molecule has 10 nitrogen and oxygen atoms in total. The average molecular weight is 435 g/mol. The Morgan fingerprint density at radius 1 is 1.03 bits per heavy atom. The first-order valence-electron chi connectivity index (χ1n) is 10.2. The van der Waals surface area contributed by atoms with E-state index in [-0.39, 0.29) is 35.9 Å². The quantitative estimate of drug-likeness (QED) is 0.216. The van der Waals surface area contributed by atoms with Gasteiger partial charge in [-0.05, 0) is 30.5 Å². The number of nitro groups is 1. The minimum Gasteiger partial charge on any atom is -0.361 e. The van der Waals surface area contributed by atoms with E-state index in [0.717, 1.165) is 27.4 Å². The van der Waals surface area contributed by atoms with E-state index in [9.17, 15) is 24.5 Å². The van der Waals surface area contributed by atoms with Gasteiger partial charge in [-0.2, -0.15) is 0 Å². The lowest BCUT2D eigenvalue weighted by Gasteiger charge is -2.14. The molecule has 0 radical (unpaired) electrons. The number of benzene rings is 2. The van der Waals surface area contributed by atoms with Crippen molar-refractivity contribution in [3.8, 4) is 0 Å². The highest BCUT2D eigenvalue weighted by Crippen LogP contribution is 2.26. The molecule has 4 amide bonds. The molecule has 0 spiro atoms. The number of rotatable bonds is 8. The Hall–Kier alpha value is -4.21. The number of urea groups is 1. The Morgan fingerprint density at radius 3 is 2.59 bits per heavy atom. The lowest BCUT2D eigenvalue weighted by atomic mass is 10.1. The maximum absolute atomic E-state index is 12.4. The minimum atomic E-state index is -0.609. The van der Waals surface area contributed by atoms with E-state index in [2.05, 4.69) is 15.6 Å². The van der Waals surface area contributed by atoms with Crippen LogP contribution in [0.5, 0.6) is 0 Å². The van der Waals surface area contributed by atoms with Gasteiger partial charge in [0.05, 0.1) is 16.1 Å². The van der Waals surface area contributed by atoms with E-state index < -0.39 is 16.7 Å². The molecule has 2 heterocycles. The molecule has 164 valence electrons. The zero-order valence-corrected chi connectivity index (χ0v) is 17.1. The second-order valence-corrected chi connectivity index (χ2v) is 7.39. The Kier molecular flexibility index (Phi) is 5.84. The molecule has 0 fully saturated rings. The van der Waals surface area contributed by atoms with Crippen molar-refractivity contribution < 1.29 is 19.3 Å². The Labute approximate surface area is 182 Å². The van der Waals surface area contributed by atoms with Crippen molar-refractivity contribution in [2.24, 2.45) is 0 Å². The molecule has 1 aliphatic heterocycles. The topological polar surface area (TPSA) is 137 Å². The number of hydrogen-bond donors (Lipinski definition) is 3. The number of aromatic amines is 1. The smallest absolute Gasteiger partial charge is 0.314 e. The first-order chi connectivity index (χ1) is 15.5. The van der Waals surface area contributed by atoms with Crippen molar-refractivity contribution in [3.63, 3.8) is 0 Å². The Balaban J connectivity index is 1.20. The number of non-ortho nitro benzene ring substituents is 1. The van der Waals surface area contributed by atoms with Crippen molar-refractivity contribution in [2.45, 2.75) is 12.8 Å². The molecular formula is C22H21N5O5. The molecule has 1 aliphatic rings. The van der Waals surface area contributed by atoms with Crippen LogP contribution in [0.25, 0.3) is 10.9 Å². The van der Waals surface area contributed by atoms with Gasteiger partial charge in [-0.1, -0.05) is 18.2 Å². The van der Waals surface area contributed by atoms with Crippen LogP contribution in [0.1, 0.15) is 32.7 Å². The SMILES string of the molecule is O=C(NCCCN1C(=O)c2ccc([N+](=O)[O-])cc2C1=O)NCCc1c[nH]c2ccccc12. The standard InChI is InChI=1S/C22H21N5O5/c28-20-17-7-6-15(27(31)32)12-18(17)21(29)26(20)11-3-9-23-22(30)24-10-8-14-13-25-19-5-2-1-4-16(14)19/h1-2,4-7,12-13,25H,3,8-11H2,(H2,23,24,30). The van der Waals surface area contributed by atoms with Crippen molar-refractivity contribution in [2.75, 3.05) is 19.6 Å². The number of imide groups is 1. The van der Waals surface area contributed by atoms with E-state index in [0.29, 0.717) is 19.4 Å². The summed E-state index contributed by atoms with van der Waals surface area (Å²) in [4.78, 5) is 51.4. The van der Waals surface area contributed by atoms with Crippen LogP contribution in [0.4, 0.5) is 10.5 Å². The zero-order chi connectivity index (χ0) is 22.7. The number of amides is 4. The summed E-state index contributed by atoms with van der Waals surface area (Å²) in [6, 6.07) is 11.2. The predicted molar refractivity (Wildman–Crippen MR) is 116 cm³/mol. The number of fused-ring (bicyclic) bond motifs is 2. The van der Waals surface area contributed by atoms with E-state index in [4.69, 9.17) is 0 Å². The summed E-state index contributed by atoms with van der Waals surface area (Å²) >= 11 is 0. The van der Waals surface area contributed by atoms with Gasteiger partial charge in [0, 0.05) is 48.9 Å². The van der Waals surface area contributed by atoms with Gasteiger partial charge in [-0.3, -0.25) is 24.6 Å². The van der Waals surface area contributed by atoms with E-state index in [1.54, 1.807) is 0 Å². The van der Waals surface area contributed by atoms with Gasteiger partial charge in [0.1, 0.15) is 0 Å². The minimum absolute atomic E-state index is 0.0344. The zero-order valence-electron chi connectivity index (χ0n) is 17.1. The van der Waals surface area contributed by atoms with Gasteiger partial charge in [0.25, 0.3) is 17.5 Å². The highest BCUT2D eigenvalue weighted by molar-refractivity contribution is 6.21. The summed E-state index contributed by atoms with van der Waals surface area (Å²) in [6.45, 7) is 0.840. The highest BCUT2D eigenvalue weighted by atomic mass is 16.6. The number of carbonyl (C=O) groups is 3. The summed E-state index contributed by atoms with van der Waals surface area (Å²) in [6.07, 6.45) is 2.98. The number of carbonyl (C=O) groups excluding carboxylic acids is 3. The first-order valence-corrected chi connectivity index (χ1v) is 10.2. The third kappa shape index (κ3) is 4.15. The van der Waals surface area contributed by atoms with Crippen molar-refractivity contribution in [1.29, 1.82) is 0 Å². The van der Waals surface area contributed by atoms with Crippen LogP contribution in [0.15, 0.2) is 48.7 Å². The Bertz CT molecular complexity index is 1220. The van der Waals surface area contributed by atoms with Crippen LogP contribution in [0.3, 0.4) is 0 Å². The lowest BCUT2D eigenvalue weighted by molar-refractivity contribution is -0.384. The van der Waals surface area contributed by atoms with E-state index >= 15 is 0 Å². The fraction of sp³-hybridized carbons (Fsp3) is 0.227. The van der Waals surface area contributed by atoms with Crippen LogP contribution in [0.2, 0.25) is 0 Å². The number of nitrogens with one attached hydrogen (secondary N) is 3. The molecule has 32 heavy (non-hydrogen) atoms. The molecule has 4 rings (SSSR count). The largest absolute Gasteiger partial charge is 0.361 e. The van der Waals surface area contributed by atoms with Crippen molar-refractivity contribution in [3.05, 3.63) is 75.5 Å². The maximum Gasteiger partial charge on any atom is 0.314 e. The fourth-order valence-corrected chi connectivity index (χ4v) is 3.75. The van der Waals surface area contributed by atoms with Crippen LogP contribution >= 0.6 is 0 Å². The predicted octanol–water partition coefficient (Wildman–Crippen LogP) is 2.60. The monoisotopic (exact) mass is 435 g/mol. The van der Waals surface area contributed by atoms with Crippen LogP contribution in [-0.2, 0) is 6.42 Å². The number of aromatic nitrogens is 1. The van der Waals surface area contributed by atoms with Gasteiger partial charge >= 0.3 is 6.03 Å². The molecule has 2 aromatic carbocycles. The average Bonchev–Trinajstić information content (AvgIpc) is 3.30. The molecule has 3 N–H and O–H groups in total. The summed E-state index contributed by atoms with van der Waals surface area (Å²) in [5.41, 5.74) is 2.12. The Morgan fingerprint density at radius 2 is 1.78 bits per heavy atom. The fourth-order valence-electron chi connectivity index (χ4n) is 3.75. The third-order valence-corrected chi connectivity index (χ3v) is 5.36. The van der Waals surface area contributed by atoms with Gasteiger partial charge in [-0.25, -0.2) is 4.79 Å². The van der Waals surface area contributed by atoms with Crippen molar-refractivity contribution >= 4 is 34.4 Å². The first kappa shape index (κ1) is 21.0. The summed E-state index contributed by atoms with van der Waals surface area (Å²) in [5.74, 6) is -1.04. The van der Waals surface area contributed by atoms with E-state index in [1.807, 2.05) is 30.5 Å². The van der Waals surface area contributed by atoms with Gasteiger partial charge in [-0.15, -0.1) is 0 Å². The van der Waals surface area contributed by atoms with Crippen molar-refractivity contribution in [1.82, 2.24) is 20.5 Å². The molecule has 10 heteroatoms. The molecule has 1 aromatic heterocycles. The third-order valence-electron chi connectivity index (χ3n) is 5.36. The van der Waals surface area contributed by atoms with Gasteiger partial charge < -0.3 is 15.6 Å².